The van der Waals surface area contributed by atoms with E-state index in [4.69, 9.17) is 9.97 Å². The van der Waals surface area contributed by atoms with E-state index in [1.165, 1.54) is 40.7 Å². The fraction of sp³-hybridized carbons (Fsp3) is 0.200. The Morgan fingerprint density at radius 2 is 1.16 bits per heavy atom. The van der Waals surface area contributed by atoms with Crippen LogP contribution in [-0.4, -0.2) is 9.97 Å². The quantitative estimate of drug-likeness (QED) is 0.271. The number of aryl methyl sites for hydroxylation is 3. The standard InChI is InChI=1S/C30H28N2/c1-4-5-9-22-12-14-24(15-13-22)28-19-21(3)32-30-26(28)17-16-25-27(18-20(2)31-29(25)30)23-10-7-6-8-11-23/h6-8,10-19H,4-5,9H2,1-3H3. The topological polar surface area (TPSA) is 25.8 Å². The Morgan fingerprint density at radius 3 is 1.69 bits per heavy atom. The highest BCUT2D eigenvalue weighted by atomic mass is 14.8. The van der Waals surface area contributed by atoms with Crippen LogP contribution in [0.25, 0.3) is 44.1 Å². The molecule has 0 N–H and O–H groups in total. The summed E-state index contributed by atoms with van der Waals surface area (Å²) in [4.78, 5) is 9.91. The van der Waals surface area contributed by atoms with Crippen LogP contribution < -0.4 is 0 Å². The predicted molar refractivity (Wildman–Crippen MR) is 136 cm³/mol. The van der Waals surface area contributed by atoms with Crippen molar-refractivity contribution in [2.24, 2.45) is 0 Å². The molecule has 32 heavy (non-hydrogen) atoms. The number of rotatable bonds is 5. The highest BCUT2D eigenvalue weighted by Crippen LogP contribution is 2.36. The van der Waals surface area contributed by atoms with Crippen molar-refractivity contribution in [2.75, 3.05) is 0 Å². The molecule has 2 heterocycles. The summed E-state index contributed by atoms with van der Waals surface area (Å²) < 4.78 is 0. The SMILES string of the molecule is CCCCc1ccc(-c2cc(C)nc3c2ccc2c(-c4ccccc4)cc(C)nc23)cc1. The summed E-state index contributed by atoms with van der Waals surface area (Å²) in [6.45, 7) is 6.38. The van der Waals surface area contributed by atoms with Crippen molar-refractivity contribution in [2.45, 2.75) is 40.0 Å². The largest absolute Gasteiger partial charge is 0.251 e. The fourth-order valence-corrected chi connectivity index (χ4v) is 4.56. The van der Waals surface area contributed by atoms with Gasteiger partial charge in [0.2, 0.25) is 0 Å². The zero-order chi connectivity index (χ0) is 22.1. The molecule has 2 nitrogen and oxygen atoms in total. The first-order valence-electron chi connectivity index (χ1n) is 11.5. The monoisotopic (exact) mass is 416 g/mol. The van der Waals surface area contributed by atoms with Gasteiger partial charge in [0.25, 0.3) is 0 Å². The molecular weight excluding hydrogens is 388 g/mol. The lowest BCUT2D eigenvalue weighted by atomic mass is 9.95. The Labute approximate surface area is 190 Å². The summed E-state index contributed by atoms with van der Waals surface area (Å²) in [6, 6.07) is 28.4. The van der Waals surface area contributed by atoms with Gasteiger partial charge in [0.15, 0.2) is 0 Å². The molecular formula is C30H28N2. The molecule has 0 aliphatic carbocycles. The van der Waals surface area contributed by atoms with E-state index in [2.05, 4.69) is 99.6 Å². The molecule has 0 bridgehead atoms. The number of fused-ring (bicyclic) bond motifs is 3. The van der Waals surface area contributed by atoms with Crippen LogP contribution in [0.4, 0.5) is 0 Å². The molecule has 0 saturated heterocycles. The molecule has 2 heteroatoms. The summed E-state index contributed by atoms with van der Waals surface area (Å²) in [5.74, 6) is 0. The van der Waals surface area contributed by atoms with Gasteiger partial charge >= 0.3 is 0 Å². The predicted octanol–water partition coefficient (Wildman–Crippen LogP) is 8.08. The molecule has 0 aliphatic heterocycles. The van der Waals surface area contributed by atoms with E-state index in [0.717, 1.165) is 39.6 Å². The van der Waals surface area contributed by atoms with E-state index in [9.17, 15) is 0 Å². The Balaban J connectivity index is 1.72. The molecule has 2 aromatic heterocycles. The third-order valence-corrected chi connectivity index (χ3v) is 6.18. The van der Waals surface area contributed by atoms with E-state index in [-0.39, 0.29) is 0 Å². The molecule has 0 atom stereocenters. The number of unbranched alkanes of at least 4 members (excludes halogenated alkanes) is 1. The van der Waals surface area contributed by atoms with Gasteiger partial charge in [-0.15, -0.1) is 0 Å². The fourth-order valence-electron chi connectivity index (χ4n) is 4.56. The highest BCUT2D eigenvalue weighted by molar-refractivity contribution is 6.12. The molecule has 0 unspecified atom stereocenters. The summed E-state index contributed by atoms with van der Waals surface area (Å²) >= 11 is 0. The molecule has 0 amide bonds. The molecule has 0 spiro atoms. The first-order valence-corrected chi connectivity index (χ1v) is 11.5. The molecule has 0 saturated carbocycles. The summed E-state index contributed by atoms with van der Waals surface area (Å²) in [5.41, 5.74) is 10.3. The number of hydrogen-bond acceptors (Lipinski definition) is 2. The zero-order valence-electron chi connectivity index (χ0n) is 19.0. The maximum atomic E-state index is 4.96. The van der Waals surface area contributed by atoms with Crippen LogP contribution in [-0.2, 0) is 6.42 Å². The third-order valence-electron chi connectivity index (χ3n) is 6.18. The second kappa shape index (κ2) is 8.55. The smallest absolute Gasteiger partial charge is 0.0974 e. The molecule has 5 rings (SSSR count). The van der Waals surface area contributed by atoms with Crippen molar-refractivity contribution in [3.63, 3.8) is 0 Å². The van der Waals surface area contributed by atoms with Crippen LogP contribution in [0.5, 0.6) is 0 Å². The first kappa shape index (κ1) is 20.4. The van der Waals surface area contributed by atoms with Crippen molar-refractivity contribution in [3.8, 4) is 22.3 Å². The molecule has 0 fully saturated rings. The van der Waals surface area contributed by atoms with Crippen molar-refractivity contribution >= 4 is 21.8 Å². The van der Waals surface area contributed by atoms with Crippen LogP contribution in [0.15, 0.2) is 78.9 Å². The van der Waals surface area contributed by atoms with E-state index in [1.54, 1.807) is 0 Å². The average Bonchev–Trinajstić information content (AvgIpc) is 2.82. The minimum atomic E-state index is 0.978. The summed E-state index contributed by atoms with van der Waals surface area (Å²) in [7, 11) is 0. The van der Waals surface area contributed by atoms with Gasteiger partial charge in [-0.1, -0.05) is 80.1 Å². The van der Waals surface area contributed by atoms with Gasteiger partial charge in [-0.3, -0.25) is 9.97 Å². The van der Waals surface area contributed by atoms with Gasteiger partial charge in [0.05, 0.1) is 11.0 Å². The lowest BCUT2D eigenvalue weighted by molar-refractivity contribution is 0.795. The van der Waals surface area contributed by atoms with E-state index in [1.807, 2.05) is 0 Å². The summed E-state index contributed by atoms with van der Waals surface area (Å²) in [6.07, 6.45) is 3.60. The lowest BCUT2D eigenvalue weighted by Crippen LogP contribution is -1.95. The Hall–Kier alpha value is -3.52. The van der Waals surface area contributed by atoms with Gasteiger partial charge in [-0.2, -0.15) is 0 Å². The average molecular weight is 417 g/mol. The van der Waals surface area contributed by atoms with Gasteiger partial charge in [0, 0.05) is 22.2 Å². The van der Waals surface area contributed by atoms with Crippen molar-refractivity contribution in [3.05, 3.63) is 95.8 Å². The molecule has 158 valence electrons. The number of hydrogen-bond donors (Lipinski definition) is 0. The first-order chi connectivity index (χ1) is 15.6. The van der Waals surface area contributed by atoms with Crippen molar-refractivity contribution in [1.29, 1.82) is 0 Å². The second-order valence-electron chi connectivity index (χ2n) is 8.65. The Kier molecular flexibility index (Phi) is 5.45. The third kappa shape index (κ3) is 3.78. The second-order valence-corrected chi connectivity index (χ2v) is 8.65. The Morgan fingerprint density at radius 1 is 0.625 bits per heavy atom. The molecule has 5 aromatic rings. The van der Waals surface area contributed by atoms with Crippen LogP contribution in [0.1, 0.15) is 36.7 Å². The number of aromatic nitrogens is 2. The lowest BCUT2D eigenvalue weighted by Gasteiger charge is -2.14. The van der Waals surface area contributed by atoms with Crippen molar-refractivity contribution in [1.82, 2.24) is 9.97 Å². The zero-order valence-corrected chi connectivity index (χ0v) is 19.0. The minimum Gasteiger partial charge on any atom is -0.251 e. The Bertz CT molecular complexity index is 1400. The van der Waals surface area contributed by atoms with Gasteiger partial charge in [0.1, 0.15) is 0 Å². The highest BCUT2D eigenvalue weighted by Gasteiger charge is 2.14. The van der Waals surface area contributed by atoms with Crippen molar-refractivity contribution < 1.29 is 0 Å². The number of benzene rings is 3. The normalized spacial score (nSPS) is 11.3. The van der Waals surface area contributed by atoms with E-state index < -0.39 is 0 Å². The molecule has 0 aliphatic rings. The van der Waals surface area contributed by atoms with Gasteiger partial charge in [-0.25, -0.2) is 0 Å². The van der Waals surface area contributed by atoms with E-state index in [0.29, 0.717) is 0 Å². The number of nitrogens with zero attached hydrogens (tertiary/aromatic N) is 2. The molecule has 3 aromatic carbocycles. The van der Waals surface area contributed by atoms with Crippen LogP contribution >= 0.6 is 0 Å². The minimum absolute atomic E-state index is 0.978. The van der Waals surface area contributed by atoms with Gasteiger partial charge < -0.3 is 0 Å². The maximum Gasteiger partial charge on any atom is 0.0974 e. The molecule has 0 radical (unpaired) electrons. The van der Waals surface area contributed by atoms with Crippen LogP contribution in [0, 0.1) is 13.8 Å². The van der Waals surface area contributed by atoms with Crippen LogP contribution in [0.3, 0.4) is 0 Å². The number of pyridine rings is 2. The summed E-state index contributed by atoms with van der Waals surface area (Å²) in [5, 5.41) is 2.30. The van der Waals surface area contributed by atoms with Gasteiger partial charge in [-0.05, 0) is 66.6 Å². The van der Waals surface area contributed by atoms with E-state index >= 15 is 0 Å². The maximum absolute atomic E-state index is 4.96. The van der Waals surface area contributed by atoms with Crippen LogP contribution in [0.2, 0.25) is 0 Å².